The molecule has 1 aromatic carbocycles. The summed E-state index contributed by atoms with van der Waals surface area (Å²) in [5.41, 5.74) is 7.35. The molecule has 5 heteroatoms. The van der Waals surface area contributed by atoms with E-state index in [1.807, 2.05) is 12.1 Å². The molecule has 2 unspecified atom stereocenters. The third-order valence-electron chi connectivity index (χ3n) is 4.18. The summed E-state index contributed by atoms with van der Waals surface area (Å²) in [6.07, 6.45) is 2.49. The van der Waals surface area contributed by atoms with Crippen molar-refractivity contribution in [2.75, 3.05) is 40.8 Å². The molecular formula is C16H26BrN3O. The van der Waals surface area contributed by atoms with E-state index >= 15 is 0 Å². The lowest BCUT2D eigenvalue weighted by Gasteiger charge is -2.34. The van der Waals surface area contributed by atoms with Gasteiger partial charge in [-0.25, -0.2) is 0 Å². The van der Waals surface area contributed by atoms with Crippen molar-refractivity contribution >= 4 is 15.9 Å². The van der Waals surface area contributed by atoms with Crippen molar-refractivity contribution < 1.29 is 4.74 Å². The molecule has 1 aliphatic heterocycles. The summed E-state index contributed by atoms with van der Waals surface area (Å²) in [4.78, 5) is 4.82. The fourth-order valence-electron chi connectivity index (χ4n) is 3.23. The Balaban J connectivity index is 2.26. The van der Waals surface area contributed by atoms with E-state index in [-0.39, 0.29) is 6.04 Å². The molecule has 0 spiro atoms. The average molecular weight is 356 g/mol. The minimum atomic E-state index is 0.238. The predicted molar refractivity (Wildman–Crippen MR) is 90.8 cm³/mol. The molecule has 0 aromatic heterocycles. The van der Waals surface area contributed by atoms with Gasteiger partial charge in [-0.05, 0) is 57.2 Å². The average Bonchev–Trinajstić information content (AvgIpc) is 2.89. The number of ether oxygens (including phenoxy) is 1. The molecule has 2 atom stereocenters. The Morgan fingerprint density at radius 1 is 1.48 bits per heavy atom. The number of likely N-dealkylation sites (tertiary alicyclic amines) is 1. The van der Waals surface area contributed by atoms with Crippen LogP contribution in [0.4, 0.5) is 0 Å². The summed E-state index contributed by atoms with van der Waals surface area (Å²) in [7, 11) is 5.97. The summed E-state index contributed by atoms with van der Waals surface area (Å²) in [5.74, 6) is 0.884. The molecule has 21 heavy (non-hydrogen) atoms. The number of nitrogens with two attached hydrogens (primary N) is 1. The van der Waals surface area contributed by atoms with Crippen molar-refractivity contribution in [1.82, 2.24) is 9.80 Å². The van der Waals surface area contributed by atoms with E-state index in [0.717, 1.165) is 23.3 Å². The summed E-state index contributed by atoms with van der Waals surface area (Å²) < 4.78 is 6.48. The number of methoxy groups -OCH3 is 1. The maximum absolute atomic E-state index is 6.12. The number of hydrogen-bond donors (Lipinski definition) is 1. The Morgan fingerprint density at radius 3 is 2.86 bits per heavy atom. The zero-order valence-corrected chi connectivity index (χ0v) is 14.8. The first-order chi connectivity index (χ1) is 10.1. The largest absolute Gasteiger partial charge is 0.497 e. The van der Waals surface area contributed by atoms with Gasteiger partial charge in [-0.3, -0.25) is 4.90 Å². The first-order valence-corrected chi connectivity index (χ1v) is 8.30. The van der Waals surface area contributed by atoms with Crippen LogP contribution in [0.25, 0.3) is 0 Å². The third kappa shape index (κ3) is 3.97. The molecule has 0 amide bonds. The number of halogens is 1. The van der Waals surface area contributed by atoms with E-state index in [9.17, 15) is 0 Å². The number of benzene rings is 1. The predicted octanol–water partition coefficient (Wildman–Crippen LogP) is 2.48. The first-order valence-electron chi connectivity index (χ1n) is 7.50. The van der Waals surface area contributed by atoms with Gasteiger partial charge in [0.25, 0.3) is 0 Å². The molecule has 0 radical (unpaired) electrons. The van der Waals surface area contributed by atoms with Gasteiger partial charge in [0.15, 0.2) is 0 Å². The van der Waals surface area contributed by atoms with Gasteiger partial charge in [0.1, 0.15) is 5.75 Å². The lowest BCUT2D eigenvalue weighted by Crippen LogP contribution is -2.42. The molecule has 2 N–H and O–H groups in total. The van der Waals surface area contributed by atoms with Crippen molar-refractivity contribution in [1.29, 1.82) is 0 Å². The topological polar surface area (TPSA) is 41.7 Å². The van der Waals surface area contributed by atoms with Crippen molar-refractivity contribution in [2.24, 2.45) is 5.73 Å². The Hall–Kier alpha value is -0.620. The summed E-state index contributed by atoms with van der Waals surface area (Å²) in [5, 5.41) is 0. The molecule has 1 aromatic rings. The molecule has 0 bridgehead atoms. The minimum absolute atomic E-state index is 0.238. The van der Waals surface area contributed by atoms with Crippen LogP contribution in [0, 0.1) is 0 Å². The standard InChI is InChI=1S/C16H26BrN3O/c1-19(2)11-12-5-4-8-20(12)16(10-18)14-9-13(21-3)6-7-15(14)17/h6-7,9,12,16H,4-5,8,10-11,18H2,1-3H3. The third-order valence-corrected chi connectivity index (χ3v) is 4.91. The van der Waals surface area contributed by atoms with Crippen LogP contribution in [-0.4, -0.2) is 56.7 Å². The Kier molecular flexibility index (Phi) is 6.05. The zero-order valence-electron chi connectivity index (χ0n) is 13.2. The quantitative estimate of drug-likeness (QED) is 0.850. The molecule has 4 nitrogen and oxygen atoms in total. The molecule has 1 aliphatic rings. The highest BCUT2D eigenvalue weighted by Gasteiger charge is 2.32. The van der Waals surface area contributed by atoms with Crippen LogP contribution in [0.5, 0.6) is 5.75 Å². The van der Waals surface area contributed by atoms with Crippen LogP contribution < -0.4 is 10.5 Å². The second-order valence-corrected chi connectivity index (χ2v) is 6.79. The van der Waals surface area contributed by atoms with Crippen LogP contribution in [0.3, 0.4) is 0 Å². The number of nitrogens with zero attached hydrogens (tertiary/aromatic N) is 2. The van der Waals surface area contributed by atoms with Gasteiger partial charge in [-0.2, -0.15) is 0 Å². The van der Waals surface area contributed by atoms with Crippen molar-refractivity contribution in [3.8, 4) is 5.75 Å². The molecule has 1 fully saturated rings. The van der Waals surface area contributed by atoms with E-state index in [1.54, 1.807) is 7.11 Å². The van der Waals surface area contributed by atoms with E-state index in [2.05, 4.69) is 45.9 Å². The van der Waals surface area contributed by atoms with E-state index in [4.69, 9.17) is 10.5 Å². The Morgan fingerprint density at radius 2 is 2.24 bits per heavy atom. The Labute approximate surface area is 136 Å². The monoisotopic (exact) mass is 355 g/mol. The van der Waals surface area contributed by atoms with Crippen LogP contribution >= 0.6 is 15.9 Å². The van der Waals surface area contributed by atoms with Crippen LogP contribution in [0.2, 0.25) is 0 Å². The fourth-order valence-corrected chi connectivity index (χ4v) is 3.74. The highest BCUT2D eigenvalue weighted by atomic mass is 79.9. The SMILES string of the molecule is COc1ccc(Br)c(C(CN)N2CCCC2CN(C)C)c1. The number of rotatable bonds is 6. The highest BCUT2D eigenvalue weighted by molar-refractivity contribution is 9.10. The summed E-state index contributed by atoms with van der Waals surface area (Å²) in [6.45, 7) is 2.82. The molecule has 0 saturated carbocycles. The second-order valence-electron chi connectivity index (χ2n) is 5.94. The normalized spacial score (nSPS) is 21.0. The fraction of sp³-hybridized carbons (Fsp3) is 0.625. The molecular weight excluding hydrogens is 330 g/mol. The van der Waals surface area contributed by atoms with Crippen LogP contribution in [0.1, 0.15) is 24.4 Å². The minimum Gasteiger partial charge on any atom is -0.497 e. The van der Waals surface area contributed by atoms with E-state index < -0.39 is 0 Å². The van der Waals surface area contributed by atoms with E-state index in [0.29, 0.717) is 12.6 Å². The second kappa shape index (κ2) is 7.58. The van der Waals surface area contributed by atoms with Gasteiger partial charge in [0.2, 0.25) is 0 Å². The van der Waals surface area contributed by atoms with Gasteiger partial charge < -0.3 is 15.4 Å². The summed E-state index contributed by atoms with van der Waals surface area (Å²) in [6, 6.07) is 6.94. The Bertz CT molecular complexity index is 467. The van der Waals surface area contributed by atoms with Gasteiger partial charge in [0.05, 0.1) is 7.11 Å². The van der Waals surface area contributed by atoms with E-state index in [1.165, 1.54) is 18.4 Å². The van der Waals surface area contributed by atoms with Crippen LogP contribution in [-0.2, 0) is 0 Å². The lowest BCUT2D eigenvalue weighted by molar-refractivity contribution is 0.155. The summed E-state index contributed by atoms with van der Waals surface area (Å²) >= 11 is 3.67. The van der Waals surface area contributed by atoms with Gasteiger partial charge >= 0.3 is 0 Å². The maximum Gasteiger partial charge on any atom is 0.119 e. The molecule has 1 saturated heterocycles. The van der Waals surface area contributed by atoms with Crippen molar-refractivity contribution in [3.05, 3.63) is 28.2 Å². The van der Waals surface area contributed by atoms with Gasteiger partial charge in [-0.15, -0.1) is 0 Å². The highest BCUT2D eigenvalue weighted by Crippen LogP contribution is 2.34. The van der Waals surface area contributed by atoms with Gasteiger partial charge in [-0.1, -0.05) is 15.9 Å². The zero-order chi connectivity index (χ0) is 15.4. The first kappa shape index (κ1) is 16.7. The van der Waals surface area contributed by atoms with Crippen molar-refractivity contribution in [3.63, 3.8) is 0 Å². The van der Waals surface area contributed by atoms with Crippen LogP contribution in [0.15, 0.2) is 22.7 Å². The molecule has 118 valence electrons. The smallest absolute Gasteiger partial charge is 0.119 e. The molecule has 0 aliphatic carbocycles. The van der Waals surface area contributed by atoms with Gasteiger partial charge in [0, 0.05) is 29.6 Å². The molecule has 2 rings (SSSR count). The number of hydrogen-bond acceptors (Lipinski definition) is 4. The van der Waals surface area contributed by atoms with Crippen molar-refractivity contribution in [2.45, 2.75) is 24.9 Å². The maximum atomic E-state index is 6.12. The molecule has 1 heterocycles. The lowest BCUT2D eigenvalue weighted by atomic mass is 10.0. The number of likely N-dealkylation sites (N-methyl/N-ethyl adjacent to an activating group) is 1.